The number of carbonyl (C=O) groups excluding carboxylic acids is 2. The Kier molecular flexibility index (Phi) is 16.9. The summed E-state index contributed by atoms with van der Waals surface area (Å²) >= 11 is 2.66. The van der Waals surface area contributed by atoms with Gasteiger partial charge in [0.05, 0.1) is 11.4 Å². The number of rotatable bonds is 13. The Hall–Kier alpha value is -7.27. The normalized spacial score (nSPS) is 10.9. The van der Waals surface area contributed by atoms with Gasteiger partial charge in [-0.25, -0.2) is 23.9 Å². The number of nitrogen functional groups attached to an aromatic ring is 2. The van der Waals surface area contributed by atoms with Crippen LogP contribution in [0.1, 0.15) is 31.8 Å². The Morgan fingerprint density at radius 2 is 1.16 bits per heavy atom. The predicted molar refractivity (Wildman–Crippen MR) is 217 cm³/mol. The molecule has 0 atom stereocenters. The number of hydrogen-bond donors (Lipinski definition) is 6. The third kappa shape index (κ3) is 15.6. The summed E-state index contributed by atoms with van der Waals surface area (Å²) in [5, 5.41) is 24.5. The molecule has 0 saturated heterocycles. The zero-order valence-corrected chi connectivity index (χ0v) is 33.6. The Labute approximate surface area is 359 Å². The molecule has 0 radical (unpaired) electrons. The Morgan fingerprint density at radius 3 is 1.68 bits per heavy atom. The number of nitrogens with two attached hydrogens (primary N) is 2. The highest BCUT2D eigenvalue weighted by molar-refractivity contribution is 7.14. The van der Waals surface area contributed by atoms with Gasteiger partial charge in [0.1, 0.15) is 30.5 Å². The van der Waals surface area contributed by atoms with E-state index < -0.39 is 30.1 Å². The van der Waals surface area contributed by atoms with Crippen molar-refractivity contribution in [3.05, 3.63) is 130 Å². The second-order valence-corrected chi connectivity index (χ2v) is 14.2. The predicted octanol–water partition coefficient (Wildman–Crippen LogP) is 7.82. The fourth-order valence-electron chi connectivity index (χ4n) is 4.82. The van der Waals surface area contributed by atoms with E-state index in [9.17, 15) is 40.3 Å². The maximum absolute atomic E-state index is 13.9. The second-order valence-electron chi connectivity index (χ2n) is 12.4. The molecule has 0 fully saturated rings. The molecule has 2 heterocycles. The lowest BCUT2D eigenvalue weighted by Crippen LogP contribution is -2.34. The van der Waals surface area contributed by atoms with Gasteiger partial charge in [0.15, 0.2) is 10.3 Å². The molecule has 0 unspecified atom stereocenters. The molecule has 8 N–H and O–H groups in total. The van der Waals surface area contributed by atoms with Crippen molar-refractivity contribution in [1.82, 2.24) is 20.6 Å². The summed E-state index contributed by atoms with van der Waals surface area (Å²) in [6.07, 6.45) is -10.2. The Bertz CT molecular complexity index is 2470. The summed E-state index contributed by atoms with van der Waals surface area (Å²) < 4.78 is 89.2. The van der Waals surface area contributed by atoms with Gasteiger partial charge in [-0.3, -0.25) is 9.59 Å². The summed E-state index contributed by atoms with van der Waals surface area (Å²) in [4.78, 5) is 51.8. The Balaban J connectivity index is 0.000000537. The van der Waals surface area contributed by atoms with Crippen LogP contribution >= 0.6 is 22.7 Å². The molecule has 6 rings (SSSR count). The fraction of sp³-hybridized carbons (Fsp3) is 0.150. The number of ether oxygens (including phenoxy) is 2. The van der Waals surface area contributed by atoms with Gasteiger partial charge in [-0.2, -0.15) is 26.3 Å². The molecule has 14 nitrogen and oxygen atoms in total. The maximum atomic E-state index is 13.9. The van der Waals surface area contributed by atoms with Crippen LogP contribution in [0.25, 0.3) is 22.5 Å². The molecule has 0 saturated carbocycles. The molecule has 0 aliphatic heterocycles. The molecule has 0 bridgehead atoms. The summed E-state index contributed by atoms with van der Waals surface area (Å²) in [7, 11) is 0. The van der Waals surface area contributed by atoms with Gasteiger partial charge < -0.3 is 41.8 Å². The zero-order chi connectivity index (χ0) is 46.3. The zero-order valence-electron chi connectivity index (χ0n) is 32.0. The van der Waals surface area contributed by atoms with E-state index in [0.29, 0.717) is 50.8 Å². The number of nitrogens with one attached hydrogen (secondary N) is 2. The number of carboxylic acid groups (broad SMARTS) is 2. The number of benzene rings is 4. The van der Waals surface area contributed by atoms with Crippen molar-refractivity contribution in [2.45, 2.75) is 25.6 Å². The topological polar surface area (TPSA) is 229 Å². The van der Waals surface area contributed by atoms with E-state index in [0.717, 1.165) is 22.4 Å². The number of amides is 2. The SMILES string of the molecule is Nc1nc(-c2ccc(OCc3cccc(C(=O)NCCNC(=O)c4ccc(COc5ccc(F)cc5-c5csc(N)n5)cc4)c3)cc2)cs1.O=C(O)C(F)(F)F.O=C(O)C(F)(F)F. The molecule has 0 spiro atoms. The van der Waals surface area contributed by atoms with E-state index in [-0.39, 0.29) is 31.5 Å². The first-order valence-corrected chi connectivity index (χ1v) is 19.4. The van der Waals surface area contributed by atoms with Crippen LogP contribution in [0.5, 0.6) is 11.5 Å². The summed E-state index contributed by atoms with van der Waals surface area (Å²) in [6, 6.07) is 26.0. The van der Waals surface area contributed by atoms with Gasteiger partial charge >= 0.3 is 24.3 Å². The van der Waals surface area contributed by atoms with E-state index in [1.807, 2.05) is 35.7 Å². The number of thiazole rings is 2. The molecular weight excluding hydrogens is 890 g/mol. The molecule has 0 aliphatic rings. The standard InChI is InChI=1S/C36H31FN6O4S2.2C2HF3O2/c37-27-10-13-32(29(17-27)31-21-49-36(39)43-31)47-18-22-4-6-25(7-5-22)33(44)40-14-15-41-34(45)26-3-1-2-23(16-26)19-46-28-11-8-24(9-12-28)30-20-48-35(38)42-30;2*3-2(4,5)1(6)7/h1-13,16-17,20-21H,14-15,18-19H2,(H2,38,42)(H2,39,43)(H,40,44)(H,41,45);2*(H,6,7). The second kappa shape index (κ2) is 22.0. The highest BCUT2D eigenvalue weighted by atomic mass is 32.1. The number of hydrogen-bond acceptors (Lipinski definition) is 12. The van der Waals surface area contributed by atoms with Crippen molar-refractivity contribution in [3.8, 4) is 34.0 Å². The number of halogens is 7. The molecule has 6 aromatic rings. The summed E-state index contributed by atoms with van der Waals surface area (Å²) in [5.41, 5.74) is 16.9. The lowest BCUT2D eigenvalue weighted by molar-refractivity contribution is -0.193. The molecule has 2 amide bonds. The maximum Gasteiger partial charge on any atom is 0.490 e. The lowest BCUT2D eigenvalue weighted by Gasteiger charge is -2.11. The molecule has 23 heteroatoms. The van der Waals surface area contributed by atoms with Gasteiger partial charge in [-0.05, 0) is 77.9 Å². The number of alkyl halides is 6. The highest BCUT2D eigenvalue weighted by Gasteiger charge is 2.39. The van der Waals surface area contributed by atoms with Crippen LogP contribution in [0.3, 0.4) is 0 Å². The molecule has 2 aromatic heterocycles. The average Bonchev–Trinajstić information content (AvgIpc) is 3.89. The Morgan fingerprint density at radius 1 is 0.635 bits per heavy atom. The van der Waals surface area contributed by atoms with Gasteiger partial charge in [0.25, 0.3) is 11.8 Å². The van der Waals surface area contributed by atoms with Crippen molar-refractivity contribution in [2.24, 2.45) is 0 Å². The molecular formula is C40H33F7N6O8S2. The summed E-state index contributed by atoms with van der Waals surface area (Å²) in [5.74, 6) is -5.28. The molecule has 4 aromatic carbocycles. The van der Waals surface area contributed by atoms with Gasteiger partial charge in [-0.1, -0.05) is 24.3 Å². The van der Waals surface area contributed by atoms with Crippen LogP contribution in [0.2, 0.25) is 0 Å². The van der Waals surface area contributed by atoms with Crippen molar-refractivity contribution in [3.63, 3.8) is 0 Å². The number of nitrogens with zero attached hydrogens (tertiary/aromatic N) is 2. The monoisotopic (exact) mass is 922 g/mol. The molecule has 332 valence electrons. The quantitative estimate of drug-likeness (QED) is 0.0481. The number of carboxylic acids is 2. The largest absolute Gasteiger partial charge is 0.490 e. The fourth-order valence-corrected chi connectivity index (χ4v) is 5.96. The van der Waals surface area contributed by atoms with Crippen LogP contribution in [0.4, 0.5) is 41.0 Å². The van der Waals surface area contributed by atoms with E-state index >= 15 is 0 Å². The van der Waals surface area contributed by atoms with Gasteiger partial charge in [-0.15, -0.1) is 22.7 Å². The third-order valence-electron chi connectivity index (χ3n) is 7.80. The van der Waals surface area contributed by atoms with Crippen LogP contribution < -0.4 is 31.6 Å². The molecule has 63 heavy (non-hydrogen) atoms. The van der Waals surface area contributed by atoms with Crippen molar-refractivity contribution in [1.29, 1.82) is 0 Å². The minimum Gasteiger partial charge on any atom is -0.489 e. The van der Waals surface area contributed by atoms with Crippen LogP contribution in [0.15, 0.2) is 102 Å². The van der Waals surface area contributed by atoms with E-state index in [1.165, 1.54) is 34.8 Å². The minimum atomic E-state index is -5.08. The average molecular weight is 923 g/mol. The van der Waals surface area contributed by atoms with Gasteiger partial charge in [0.2, 0.25) is 0 Å². The van der Waals surface area contributed by atoms with Crippen LogP contribution in [-0.2, 0) is 22.8 Å². The number of aromatic nitrogens is 2. The van der Waals surface area contributed by atoms with Crippen molar-refractivity contribution < 1.29 is 69.6 Å². The lowest BCUT2D eigenvalue weighted by atomic mass is 10.1. The number of aliphatic carboxylic acids is 2. The first kappa shape index (κ1) is 48.4. The first-order valence-electron chi connectivity index (χ1n) is 17.6. The van der Waals surface area contributed by atoms with Crippen molar-refractivity contribution in [2.75, 3.05) is 24.6 Å². The smallest absolute Gasteiger partial charge is 0.489 e. The highest BCUT2D eigenvalue weighted by Crippen LogP contribution is 2.33. The van der Waals surface area contributed by atoms with Crippen molar-refractivity contribution >= 4 is 56.7 Å². The van der Waals surface area contributed by atoms with E-state index in [2.05, 4.69) is 20.6 Å². The molecule has 0 aliphatic carbocycles. The summed E-state index contributed by atoms with van der Waals surface area (Å²) in [6.45, 7) is 0.992. The van der Waals surface area contributed by atoms with Gasteiger partial charge in [0, 0.05) is 46.1 Å². The number of carbonyl (C=O) groups is 4. The third-order valence-corrected chi connectivity index (χ3v) is 9.15. The van der Waals surface area contributed by atoms with Crippen LogP contribution in [0, 0.1) is 5.82 Å². The minimum absolute atomic E-state index is 0.205. The van der Waals surface area contributed by atoms with Crippen LogP contribution in [-0.4, -0.2) is 69.4 Å². The number of anilines is 2. The van der Waals surface area contributed by atoms with E-state index in [1.54, 1.807) is 53.9 Å². The first-order chi connectivity index (χ1) is 29.7. The van der Waals surface area contributed by atoms with E-state index in [4.69, 9.17) is 40.7 Å².